The third-order valence-electron chi connectivity index (χ3n) is 4.59. The molecule has 1 fully saturated rings. The van der Waals surface area contributed by atoms with Crippen molar-refractivity contribution in [2.45, 2.75) is 45.6 Å². The fourth-order valence-electron chi connectivity index (χ4n) is 3.30. The highest BCUT2D eigenvalue weighted by molar-refractivity contribution is 5.94. The van der Waals surface area contributed by atoms with Crippen LogP contribution in [0.4, 0.5) is 5.69 Å². The Kier molecular flexibility index (Phi) is 6.90. The van der Waals surface area contributed by atoms with Crippen molar-refractivity contribution in [1.82, 2.24) is 10.2 Å². The number of carbonyl (C=O) groups is 1. The molecule has 0 aliphatic carbocycles. The summed E-state index contributed by atoms with van der Waals surface area (Å²) in [6.45, 7) is 8.23. The highest BCUT2D eigenvalue weighted by atomic mass is 16.2. The number of benzene rings is 1. The maximum atomic E-state index is 12.9. The topological polar surface area (TPSA) is 35.6 Å². The summed E-state index contributed by atoms with van der Waals surface area (Å²) in [6.07, 6.45) is 4.25. The van der Waals surface area contributed by atoms with Crippen LogP contribution < -0.4 is 10.2 Å². The van der Waals surface area contributed by atoms with Crippen LogP contribution in [0.1, 0.15) is 49.9 Å². The van der Waals surface area contributed by atoms with Crippen LogP contribution in [0.2, 0.25) is 0 Å². The molecule has 0 aromatic heterocycles. The summed E-state index contributed by atoms with van der Waals surface area (Å²) in [5, 5.41) is 3.38. The molecule has 1 aromatic carbocycles. The Morgan fingerprint density at radius 3 is 2.26 bits per heavy atom. The molecule has 0 radical (unpaired) electrons. The van der Waals surface area contributed by atoms with E-state index in [1.165, 1.54) is 5.69 Å². The molecule has 1 amide bonds. The zero-order valence-corrected chi connectivity index (χ0v) is 14.8. The van der Waals surface area contributed by atoms with Gasteiger partial charge in [0.25, 0.3) is 5.91 Å². The predicted octanol–water partition coefficient (Wildman–Crippen LogP) is 3.14. The molecule has 4 nitrogen and oxygen atoms in total. The number of nitrogens with zero attached hydrogens (tertiary/aromatic N) is 2. The first-order chi connectivity index (χ1) is 11.2. The Morgan fingerprint density at radius 2 is 1.70 bits per heavy atom. The van der Waals surface area contributed by atoms with Crippen molar-refractivity contribution in [1.29, 1.82) is 0 Å². The van der Waals surface area contributed by atoms with E-state index in [1.807, 2.05) is 12.1 Å². The zero-order valence-electron chi connectivity index (χ0n) is 14.8. The van der Waals surface area contributed by atoms with Crippen LogP contribution in [0.5, 0.6) is 0 Å². The molecular formula is C19H31N3O. The van der Waals surface area contributed by atoms with Crippen LogP contribution in [0.15, 0.2) is 24.3 Å². The lowest BCUT2D eigenvalue weighted by Crippen LogP contribution is -2.46. The molecular weight excluding hydrogens is 286 g/mol. The van der Waals surface area contributed by atoms with Gasteiger partial charge in [0.15, 0.2) is 0 Å². The van der Waals surface area contributed by atoms with Gasteiger partial charge in [-0.05, 0) is 63.0 Å². The van der Waals surface area contributed by atoms with Gasteiger partial charge in [0.2, 0.25) is 0 Å². The third-order valence-corrected chi connectivity index (χ3v) is 4.59. The summed E-state index contributed by atoms with van der Waals surface area (Å²) in [7, 11) is 2.10. The summed E-state index contributed by atoms with van der Waals surface area (Å²) >= 11 is 0. The summed E-state index contributed by atoms with van der Waals surface area (Å²) in [4.78, 5) is 17.2. The normalized spacial score (nSPS) is 15.4. The number of carbonyl (C=O) groups excluding carboxylic acids is 1. The van der Waals surface area contributed by atoms with Crippen molar-refractivity contribution in [3.8, 4) is 0 Å². The van der Waals surface area contributed by atoms with E-state index in [4.69, 9.17) is 0 Å². The molecule has 2 rings (SSSR count). The van der Waals surface area contributed by atoms with E-state index in [0.717, 1.165) is 57.4 Å². The highest BCUT2D eigenvalue weighted by Crippen LogP contribution is 2.19. The van der Waals surface area contributed by atoms with E-state index in [0.29, 0.717) is 6.04 Å². The molecule has 1 N–H and O–H groups in total. The molecule has 0 spiro atoms. The Hall–Kier alpha value is -1.55. The number of amides is 1. The van der Waals surface area contributed by atoms with Crippen LogP contribution in [0.3, 0.4) is 0 Å². The average Bonchev–Trinajstić information content (AvgIpc) is 2.60. The van der Waals surface area contributed by atoms with E-state index in [-0.39, 0.29) is 5.91 Å². The van der Waals surface area contributed by atoms with Crippen LogP contribution >= 0.6 is 0 Å². The van der Waals surface area contributed by atoms with Crippen LogP contribution in [0, 0.1) is 0 Å². The predicted molar refractivity (Wildman–Crippen MR) is 97.2 cm³/mol. The van der Waals surface area contributed by atoms with Gasteiger partial charge in [0.05, 0.1) is 0 Å². The van der Waals surface area contributed by atoms with E-state index >= 15 is 0 Å². The second-order valence-corrected chi connectivity index (χ2v) is 6.45. The summed E-state index contributed by atoms with van der Waals surface area (Å²) in [5.74, 6) is 0.184. The number of rotatable bonds is 7. The maximum absolute atomic E-state index is 12.9. The monoisotopic (exact) mass is 317 g/mol. The van der Waals surface area contributed by atoms with E-state index in [9.17, 15) is 4.79 Å². The molecule has 0 atom stereocenters. The minimum Gasteiger partial charge on any atom is -0.375 e. The molecule has 1 aromatic rings. The minimum atomic E-state index is 0.184. The van der Waals surface area contributed by atoms with Gasteiger partial charge in [-0.1, -0.05) is 13.8 Å². The van der Waals surface area contributed by atoms with Gasteiger partial charge in [0.1, 0.15) is 0 Å². The Morgan fingerprint density at radius 1 is 1.09 bits per heavy atom. The van der Waals surface area contributed by atoms with E-state index in [2.05, 4.69) is 48.1 Å². The van der Waals surface area contributed by atoms with Gasteiger partial charge in [-0.2, -0.15) is 0 Å². The molecule has 1 heterocycles. The molecule has 4 heteroatoms. The fourth-order valence-corrected chi connectivity index (χ4v) is 3.30. The van der Waals surface area contributed by atoms with Crippen LogP contribution in [-0.4, -0.2) is 50.1 Å². The summed E-state index contributed by atoms with van der Waals surface area (Å²) in [5.41, 5.74) is 1.98. The molecule has 0 saturated carbocycles. The van der Waals surface area contributed by atoms with Gasteiger partial charge in [-0.15, -0.1) is 0 Å². The second-order valence-electron chi connectivity index (χ2n) is 6.45. The number of hydrogen-bond donors (Lipinski definition) is 1. The Bertz CT molecular complexity index is 480. The van der Waals surface area contributed by atoms with Gasteiger partial charge >= 0.3 is 0 Å². The maximum Gasteiger partial charge on any atom is 0.254 e. The number of hydrogen-bond acceptors (Lipinski definition) is 3. The standard InChI is InChI=1S/C19H31N3O/c1-4-14-21(3)17-8-6-16(7-9-17)19(23)22(15-5-2)18-10-12-20-13-11-18/h6-9,18,20H,4-5,10-15H2,1-3H3. The molecule has 1 aliphatic rings. The van der Waals surface area contributed by atoms with Crippen molar-refractivity contribution < 1.29 is 4.79 Å². The van der Waals surface area contributed by atoms with Gasteiger partial charge in [-0.25, -0.2) is 0 Å². The lowest BCUT2D eigenvalue weighted by Gasteiger charge is -2.34. The first-order valence-corrected chi connectivity index (χ1v) is 9.00. The van der Waals surface area contributed by atoms with Crippen LogP contribution in [-0.2, 0) is 0 Å². The molecule has 1 saturated heterocycles. The van der Waals surface area contributed by atoms with Crippen molar-refractivity contribution >= 4 is 11.6 Å². The fraction of sp³-hybridized carbons (Fsp3) is 0.632. The number of anilines is 1. The molecule has 0 unspecified atom stereocenters. The molecule has 128 valence electrons. The Labute approximate surface area is 140 Å². The third kappa shape index (κ3) is 4.71. The molecule has 23 heavy (non-hydrogen) atoms. The zero-order chi connectivity index (χ0) is 16.7. The van der Waals surface area contributed by atoms with Gasteiger partial charge in [0, 0.05) is 37.4 Å². The van der Waals surface area contributed by atoms with E-state index in [1.54, 1.807) is 0 Å². The summed E-state index contributed by atoms with van der Waals surface area (Å²) in [6, 6.07) is 8.47. The lowest BCUT2D eigenvalue weighted by atomic mass is 10.0. The van der Waals surface area contributed by atoms with E-state index < -0.39 is 0 Å². The quantitative estimate of drug-likeness (QED) is 0.839. The van der Waals surface area contributed by atoms with Crippen molar-refractivity contribution in [3.63, 3.8) is 0 Å². The second kappa shape index (κ2) is 8.92. The van der Waals surface area contributed by atoms with Gasteiger partial charge < -0.3 is 15.1 Å². The first-order valence-electron chi connectivity index (χ1n) is 9.00. The van der Waals surface area contributed by atoms with Crippen molar-refractivity contribution in [3.05, 3.63) is 29.8 Å². The largest absolute Gasteiger partial charge is 0.375 e. The Balaban J connectivity index is 2.09. The molecule has 0 bridgehead atoms. The number of nitrogens with one attached hydrogen (secondary N) is 1. The lowest BCUT2D eigenvalue weighted by molar-refractivity contribution is 0.0642. The highest BCUT2D eigenvalue weighted by Gasteiger charge is 2.25. The first kappa shape index (κ1) is 17.8. The SMILES string of the molecule is CCCN(C)c1ccc(C(=O)N(CCC)C2CCNCC2)cc1. The molecule has 1 aliphatic heterocycles. The average molecular weight is 317 g/mol. The summed E-state index contributed by atoms with van der Waals surface area (Å²) < 4.78 is 0. The van der Waals surface area contributed by atoms with Crippen LogP contribution in [0.25, 0.3) is 0 Å². The smallest absolute Gasteiger partial charge is 0.254 e. The minimum absolute atomic E-state index is 0.184. The van der Waals surface area contributed by atoms with Crippen molar-refractivity contribution in [2.75, 3.05) is 38.1 Å². The van der Waals surface area contributed by atoms with Gasteiger partial charge in [-0.3, -0.25) is 4.79 Å². The van der Waals surface area contributed by atoms with Crippen molar-refractivity contribution in [2.24, 2.45) is 0 Å². The number of piperidine rings is 1.